The van der Waals surface area contributed by atoms with Crippen LogP contribution in [0, 0.1) is 18.6 Å². The van der Waals surface area contributed by atoms with E-state index >= 15 is 0 Å². The van der Waals surface area contributed by atoms with Crippen LogP contribution in [0.3, 0.4) is 0 Å². The van der Waals surface area contributed by atoms with Gasteiger partial charge in [-0.1, -0.05) is 24.3 Å². The number of urea groups is 1. The lowest BCUT2D eigenvalue weighted by Crippen LogP contribution is -2.34. The summed E-state index contributed by atoms with van der Waals surface area (Å²) in [5, 5.41) is 2.39. The molecule has 0 spiro atoms. The van der Waals surface area contributed by atoms with Crippen LogP contribution in [-0.2, 0) is 11.3 Å². The first-order valence-electron chi connectivity index (χ1n) is 8.05. The summed E-state index contributed by atoms with van der Waals surface area (Å²) in [6, 6.07) is 8.52. The number of carbonyl (C=O) groups excluding carboxylic acids is 2. The normalized spacial score (nSPS) is 10.3. The average molecular weight is 362 g/mol. The lowest BCUT2D eigenvalue weighted by molar-refractivity contribution is 0.0595. The molecule has 5 nitrogen and oxygen atoms in total. The molecule has 0 saturated carbocycles. The van der Waals surface area contributed by atoms with Crippen molar-refractivity contribution in [2.75, 3.05) is 19.0 Å². The Kier molecular flexibility index (Phi) is 6.27. The molecule has 7 heteroatoms. The third-order valence-corrected chi connectivity index (χ3v) is 4.00. The molecule has 1 N–H and O–H groups in total. The zero-order valence-corrected chi connectivity index (χ0v) is 14.8. The van der Waals surface area contributed by atoms with Crippen LogP contribution in [0.1, 0.15) is 28.4 Å². The van der Waals surface area contributed by atoms with Crippen LogP contribution in [0.15, 0.2) is 36.4 Å². The molecule has 26 heavy (non-hydrogen) atoms. The number of nitrogens with one attached hydrogen (secondary N) is 1. The van der Waals surface area contributed by atoms with Crippen molar-refractivity contribution in [2.45, 2.75) is 20.4 Å². The lowest BCUT2D eigenvalue weighted by atomic mass is 10.1. The van der Waals surface area contributed by atoms with Gasteiger partial charge in [-0.25, -0.2) is 18.4 Å². The average Bonchev–Trinajstić information content (AvgIpc) is 2.62. The molecule has 0 aliphatic heterocycles. The van der Waals surface area contributed by atoms with E-state index in [4.69, 9.17) is 0 Å². The van der Waals surface area contributed by atoms with Crippen molar-refractivity contribution in [3.63, 3.8) is 0 Å². The molecular weight excluding hydrogens is 342 g/mol. The van der Waals surface area contributed by atoms with E-state index < -0.39 is 29.2 Å². The summed E-state index contributed by atoms with van der Waals surface area (Å²) in [4.78, 5) is 25.5. The molecule has 0 saturated heterocycles. The number of amides is 2. The molecule has 2 aromatic carbocycles. The highest BCUT2D eigenvalue weighted by atomic mass is 19.1. The highest BCUT2D eigenvalue weighted by Gasteiger charge is 2.20. The maximum absolute atomic E-state index is 14.0. The van der Waals surface area contributed by atoms with E-state index in [0.29, 0.717) is 19.2 Å². The van der Waals surface area contributed by atoms with E-state index in [2.05, 4.69) is 10.1 Å². The van der Waals surface area contributed by atoms with Gasteiger partial charge in [-0.2, -0.15) is 0 Å². The smallest absolute Gasteiger partial charge is 0.340 e. The summed E-state index contributed by atoms with van der Waals surface area (Å²) in [5.41, 5.74) is 1.24. The number of esters is 1. The number of hydrogen-bond donors (Lipinski definition) is 1. The molecule has 0 aliphatic rings. The number of methoxy groups -OCH3 is 1. The van der Waals surface area contributed by atoms with Crippen LogP contribution in [0.5, 0.6) is 0 Å². The molecule has 0 atom stereocenters. The van der Waals surface area contributed by atoms with Crippen LogP contribution < -0.4 is 5.32 Å². The number of nitrogens with zero attached hydrogens (tertiary/aromatic N) is 1. The van der Waals surface area contributed by atoms with Gasteiger partial charge in [0, 0.05) is 19.2 Å². The van der Waals surface area contributed by atoms with Gasteiger partial charge in [-0.15, -0.1) is 0 Å². The fourth-order valence-electron chi connectivity index (χ4n) is 2.43. The van der Waals surface area contributed by atoms with Gasteiger partial charge in [0.1, 0.15) is 11.6 Å². The predicted molar refractivity (Wildman–Crippen MR) is 94.0 cm³/mol. The number of ether oxygens (including phenoxy) is 1. The van der Waals surface area contributed by atoms with Gasteiger partial charge in [0.15, 0.2) is 0 Å². The standard InChI is InChI=1S/C19H20F2N2O3/c1-4-23(11-13-8-6-5-7-12(13)2)19(25)22-17-9-14(18(24)26-3)15(20)10-16(17)21/h5-10H,4,11H2,1-3H3,(H,22,25). The molecule has 0 fully saturated rings. The van der Waals surface area contributed by atoms with Crippen LogP contribution >= 0.6 is 0 Å². The molecule has 0 bridgehead atoms. The SMILES string of the molecule is CCN(Cc1ccccc1C)C(=O)Nc1cc(C(=O)OC)c(F)cc1F. The minimum Gasteiger partial charge on any atom is -0.465 e. The largest absolute Gasteiger partial charge is 0.465 e. The van der Waals surface area contributed by atoms with Gasteiger partial charge in [0.25, 0.3) is 0 Å². The quantitative estimate of drug-likeness (QED) is 0.814. The van der Waals surface area contributed by atoms with Crippen molar-refractivity contribution in [3.8, 4) is 0 Å². The topological polar surface area (TPSA) is 58.6 Å². The third-order valence-electron chi connectivity index (χ3n) is 4.00. The minimum atomic E-state index is -1.06. The van der Waals surface area contributed by atoms with Crippen molar-refractivity contribution in [1.82, 2.24) is 4.90 Å². The molecule has 0 unspecified atom stereocenters. The highest BCUT2D eigenvalue weighted by molar-refractivity contribution is 5.94. The van der Waals surface area contributed by atoms with Gasteiger partial charge in [-0.05, 0) is 31.0 Å². The molecule has 0 radical (unpaired) electrons. The Morgan fingerprint density at radius 1 is 1.15 bits per heavy atom. The van der Waals surface area contributed by atoms with E-state index in [-0.39, 0.29) is 5.69 Å². The first-order valence-corrected chi connectivity index (χ1v) is 8.05. The molecule has 2 aromatic rings. The zero-order chi connectivity index (χ0) is 19.3. The summed E-state index contributed by atoms with van der Waals surface area (Å²) in [6.45, 7) is 4.44. The highest BCUT2D eigenvalue weighted by Crippen LogP contribution is 2.21. The van der Waals surface area contributed by atoms with Crippen molar-refractivity contribution >= 4 is 17.7 Å². The Bertz CT molecular complexity index is 824. The molecule has 0 aliphatic carbocycles. The fraction of sp³-hybridized carbons (Fsp3) is 0.263. The number of hydrogen-bond acceptors (Lipinski definition) is 3. The summed E-state index contributed by atoms with van der Waals surface area (Å²) in [5.74, 6) is -2.99. The predicted octanol–water partition coefficient (Wildman–Crippen LogP) is 4.11. The lowest BCUT2D eigenvalue weighted by Gasteiger charge is -2.22. The summed E-state index contributed by atoms with van der Waals surface area (Å²) >= 11 is 0. The molecule has 0 heterocycles. The maximum Gasteiger partial charge on any atom is 0.340 e. The Balaban J connectivity index is 2.22. The van der Waals surface area contributed by atoms with E-state index in [1.54, 1.807) is 6.92 Å². The Hall–Kier alpha value is -2.96. The van der Waals surface area contributed by atoms with Gasteiger partial charge >= 0.3 is 12.0 Å². The Labute approximate surface area is 150 Å². The van der Waals surface area contributed by atoms with E-state index in [0.717, 1.165) is 24.3 Å². The summed E-state index contributed by atoms with van der Waals surface area (Å²) in [6.07, 6.45) is 0. The number of halogens is 2. The Morgan fingerprint density at radius 2 is 1.85 bits per heavy atom. The molecular formula is C19H20F2N2O3. The maximum atomic E-state index is 14.0. The van der Waals surface area contributed by atoms with Crippen LogP contribution in [0.4, 0.5) is 19.3 Å². The van der Waals surface area contributed by atoms with Crippen LogP contribution in [0.2, 0.25) is 0 Å². The number of anilines is 1. The van der Waals surface area contributed by atoms with Crippen molar-refractivity contribution < 1.29 is 23.1 Å². The van der Waals surface area contributed by atoms with Gasteiger partial charge < -0.3 is 15.0 Å². The molecule has 2 rings (SSSR count). The third kappa shape index (κ3) is 4.36. The number of rotatable bonds is 5. The molecule has 0 aromatic heterocycles. The zero-order valence-electron chi connectivity index (χ0n) is 14.8. The molecule has 2 amide bonds. The van der Waals surface area contributed by atoms with Crippen LogP contribution in [-0.4, -0.2) is 30.6 Å². The molecule has 138 valence electrons. The van der Waals surface area contributed by atoms with Gasteiger partial charge in [-0.3, -0.25) is 0 Å². The van der Waals surface area contributed by atoms with E-state index in [9.17, 15) is 18.4 Å². The van der Waals surface area contributed by atoms with Crippen molar-refractivity contribution in [1.29, 1.82) is 0 Å². The number of benzene rings is 2. The van der Waals surface area contributed by atoms with E-state index in [1.807, 2.05) is 31.2 Å². The first-order chi connectivity index (χ1) is 12.4. The monoisotopic (exact) mass is 362 g/mol. The van der Waals surface area contributed by atoms with Crippen LogP contribution in [0.25, 0.3) is 0 Å². The minimum absolute atomic E-state index is 0.292. The fourth-order valence-corrected chi connectivity index (χ4v) is 2.43. The van der Waals surface area contributed by atoms with Crippen molar-refractivity contribution in [3.05, 3.63) is 64.7 Å². The number of carbonyl (C=O) groups is 2. The summed E-state index contributed by atoms with van der Waals surface area (Å²) in [7, 11) is 1.09. The second kappa shape index (κ2) is 8.42. The summed E-state index contributed by atoms with van der Waals surface area (Å²) < 4.78 is 32.1. The number of aryl methyl sites for hydroxylation is 1. The second-order valence-electron chi connectivity index (χ2n) is 5.67. The van der Waals surface area contributed by atoms with E-state index in [1.165, 1.54) is 4.90 Å². The first kappa shape index (κ1) is 19.4. The Morgan fingerprint density at radius 3 is 2.46 bits per heavy atom. The second-order valence-corrected chi connectivity index (χ2v) is 5.67. The van der Waals surface area contributed by atoms with Gasteiger partial charge in [0.2, 0.25) is 0 Å². The van der Waals surface area contributed by atoms with Crippen molar-refractivity contribution in [2.24, 2.45) is 0 Å². The van der Waals surface area contributed by atoms with Gasteiger partial charge in [0.05, 0.1) is 18.4 Å².